The van der Waals surface area contributed by atoms with Crippen LogP contribution >= 0.6 is 0 Å². The maximum absolute atomic E-state index is 11.8. The van der Waals surface area contributed by atoms with Gasteiger partial charge in [0.2, 0.25) is 5.91 Å². The van der Waals surface area contributed by atoms with Crippen molar-refractivity contribution < 1.29 is 4.79 Å². The van der Waals surface area contributed by atoms with Gasteiger partial charge in [-0.25, -0.2) is 0 Å². The molecule has 1 heterocycles. The Morgan fingerprint density at radius 3 is 2.65 bits per heavy atom. The highest BCUT2D eigenvalue weighted by molar-refractivity contribution is 5.81. The average molecular weight is 240 g/mol. The molecule has 1 saturated heterocycles. The van der Waals surface area contributed by atoms with Crippen molar-refractivity contribution in [1.29, 1.82) is 0 Å². The molecule has 0 radical (unpaired) electrons. The molecular formula is C14H28N2O. The molecule has 0 aromatic rings. The quantitative estimate of drug-likeness (QED) is 0.748. The number of hydrogen-bond acceptors (Lipinski definition) is 2. The van der Waals surface area contributed by atoms with Crippen LogP contribution in [0, 0.1) is 11.8 Å². The molecule has 1 aliphatic rings. The first-order valence-corrected chi connectivity index (χ1v) is 7.22. The Kier molecular flexibility index (Phi) is 6.56. The van der Waals surface area contributed by atoms with Crippen LogP contribution in [0.2, 0.25) is 0 Å². The van der Waals surface area contributed by atoms with Crippen molar-refractivity contribution >= 4 is 5.91 Å². The lowest BCUT2D eigenvalue weighted by molar-refractivity contribution is -0.124. The largest absolute Gasteiger partial charge is 0.355 e. The van der Waals surface area contributed by atoms with Crippen molar-refractivity contribution in [2.24, 2.45) is 11.8 Å². The lowest BCUT2D eigenvalue weighted by Crippen LogP contribution is -2.48. The molecule has 17 heavy (non-hydrogen) atoms. The second-order valence-electron chi connectivity index (χ2n) is 5.21. The van der Waals surface area contributed by atoms with Crippen molar-refractivity contribution in [3.05, 3.63) is 0 Å². The smallest absolute Gasteiger partial charge is 0.237 e. The predicted octanol–water partition coefficient (Wildman–Crippen LogP) is 2.32. The first-order chi connectivity index (χ1) is 8.21. The van der Waals surface area contributed by atoms with Crippen LogP contribution in [-0.4, -0.2) is 25.0 Å². The second kappa shape index (κ2) is 7.70. The van der Waals surface area contributed by atoms with E-state index in [4.69, 9.17) is 0 Å². The topological polar surface area (TPSA) is 41.1 Å². The summed E-state index contributed by atoms with van der Waals surface area (Å²) in [5, 5.41) is 6.25. The van der Waals surface area contributed by atoms with E-state index in [1.807, 2.05) is 6.92 Å². The molecule has 2 atom stereocenters. The molecule has 3 heteroatoms. The molecule has 2 unspecified atom stereocenters. The van der Waals surface area contributed by atoms with Gasteiger partial charge >= 0.3 is 0 Å². The van der Waals surface area contributed by atoms with Crippen molar-refractivity contribution in [1.82, 2.24) is 10.6 Å². The maximum atomic E-state index is 11.8. The molecule has 1 fully saturated rings. The third-order valence-corrected chi connectivity index (χ3v) is 4.00. The van der Waals surface area contributed by atoms with Crippen molar-refractivity contribution in [3.63, 3.8) is 0 Å². The van der Waals surface area contributed by atoms with Crippen LogP contribution < -0.4 is 10.6 Å². The molecule has 100 valence electrons. The number of amides is 1. The first kappa shape index (κ1) is 14.5. The summed E-state index contributed by atoms with van der Waals surface area (Å²) in [5.74, 6) is 1.75. The Bertz CT molecular complexity index is 226. The Morgan fingerprint density at radius 2 is 2.06 bits per heavy atom. The van der Waals surface area contributed by atoms with E-state index in [-0.39, 0.29) is 11.9 Å². The van der Waals surface area contributed by atoms with Gasteiger partial charge in [0.15, 0.2) is 0 Å². The second-order valence-corrected chi connectivity index (χ2v) is 5.21. The summed E-state index contributed by atoms with van der Waals surface area (Å²) >= 11 is 0. The highest BCUT2D eigenvalue weighted by Gasteiger charge is 2.27. The Morgan fingerprint density at radius 1 is 1.35 bits per heavy atom. The minimum atomic E-state index is 0.0445. The van der Waals surface area contributed by atoms with E-state index in [1.54, 1.807) is 0 Å². The fourth-order valence-corrected chi connectivity index (χ4v) is 2.80. The third kappa shape index (κ3) is 4.66. The lowest BCUT2D eigenvalue weighted by atomic mass is 9.83. The van der Waals surface area contributed by atoms with Crippen LogP contribution in [0.4, 0.5) is 0 Å². The van der Waals surface area contributed by atoms with Crippen LogP contribution in [-0.2, 0) is 4.79 Å². The number of nitrogens with one attached hydrogen (secondary N) is 2. The van der Waals surface area contributed by atoms with Gasteiger partial charge in [-0.3, -0.25) is 4.79 Å². The summed E-state index contributed by atoms with van der Waals surface area (Å²) in [4.78, 5) is 11.8. The zero-order valence-electron chi connectivity index (χ0n) is 11.6. The van der Waals surface area contributed by atoms with E-state index in [0.29, 0.717) is 0 Å². The number of piperidine rings is 1. The third-order valence-electron chi connectivity index (χ3n) is 4.00. The van der Waals surface area contributed by atoms with Crippen LogP contribution in [0.25, 0.3) is 0 Å². The van der Waals surface area contributed by atoms with Gasteiger partial charge in [-0.1, -0.05) is 26.7 Å². The Labute approximate surface area is 106 Å². The van der Waals surface area contributed by atoms with Crippen molar-refractivity contribution in [3.8, 4) is 0 Å². The molecule has 0 aromatic carbocycles. The number of rotatable bonds is 6. The van der Waals surface area contributed by atoms with Gasteiger partial charge < -0.3 is 10.6 Å². The van der Waals surface area contributed by atoms with E-state index in [9.17, 15) is 4.79 Å². The van der Waals surface area contributed by atoms with Crippen LogP contribution in [0.5, 0.6) is 0 Å². The highest BCUT2D eigenvalue weighted by Crippen LogP contribution is 2.27. The standard InChI is InChI=1S/C14H28N2O/c1-4-11(5-2)9-12-7-8-16-13(10-12)14(17)15-6-3/h11-13,16H,4-10H2,1-3H3,(H,15,17). The molecule has 2 N–H and O–H groups in total. The van der Waals surface area contributed by atoms with E-state index >= 15 is 0 Å². The van der Waals surface area contributed by atoms with Crippen molar-refractivity contribution in [2.45, 2.75) is 58.9 Å². The van der Waals surface area contributed by atoms with E-state index in [2.05, 4.69) is 24.5 Å². The summed E-state index contributed by atoms with van der Waals surface area (Å²) in [6.45, 7) is 8.25. The van der Waals surface area contributed by atoms with E-state index < -0.39 is 0 Å². The molecule has 3 nitrogen and oxygen atoms in total. The zero-order chi connectivity index (χ0) is 12.7. The summed E-state index contributed by atoms with van der Waals surface area (Å²) in [7, 11) is 0. The number of carbonyl (C=O) groups is 1. The number of likely N-dealkylation sites (N-methyl/N-ethyl adjacent to an activating group) is 1. The molecule has 0 aliphatic carbocycles. The minimum Gasteiger partial charge on any atom is -0.355 e. The van der Waals surface area contributed by atoms with E-state index in [0.717, 1.165) is 31.3 Å². The summed E-state index contributed by atoms with van der Waals surface area (Å²) in [6.07, 6.45) is 6.08. The molecule has 1 amide bonds. The van der Waals surface area contributed by atoms with Crippen LogP contribution in [0.15, 0.2) is 0 Å². The van der Waals surface area contributed by atoms with Gasteiger partial charge in [0, 0.05) is 6.54 Å². The SMILES string of the molecule is CCNC(=O)C1CC(CC(CC)CC)CCN1. The van der Waals surface area contributed by atoms with Gasteiger partial charge in [-0.2, -0.15) is 0 Å². The molecule has 1 aliphatic heterocycles. The summed E-state index contributed by atoms with van der Waals surface area (Å²) in [5.41, 5.74) is 0. The van der Waals surface area contributed by atoms with Gasteiger partial charge in [-0.05, 0) is 44.6 Å². The van der Waals surface area contributed by atoms with Gasteiger partial charge in [0.1, 0.15) is 0 Å². The average Bonchev–Trinajstić information content (AvgIpc) is 2.36. The van der Waals surface area contributed by atoms with E-state index in [1.165, 1.54) is 25.7 Å². The normalized spacial score (nSPS) is 24.9. The maximum Gasteiger partial charge on any atom is 0.237 e. The van der Waals surface area contributed by atoms with Crippen molar-refractivity contribution in [2.75, 3.05) is 13.1 Å². The monoisotopic (exact) mass is 240 g/mol. The Hall–Kier alpha value is -0.570. The number of carbonyl (C=O) groups excluding carboxylic acids is 1. The molecule has 1 rings (SSSR count). The molecule has 0 aromatic heterocycles. The molecule has 0 bridgehead atoms. The summed E-state index contributed by atoms with van der Waals surface area (Å²) < 4.78 is 0. The predicted molar refractivity (Wildman–Crippen MR) is 71.9 cm³/mol. The highest BCUT2D eigenvalue weighted by atomic mass is 16.2. The minimum absolute atomic E-state index is 0.0445. The fourth-order valence-electron chi connectivity index (χ4n) is 2.80. The van der Waals surface area contributed by atoms with Gasteiger partial charge in [0.05, 0.1) is 6.04 Å². The number of hydrogen-bond donors (Lipinski definition) is 2. The fraction of sp³-hybridized carbons (Fsp3) is 0.929. The molecular weight excluding hydrogens is 212 g/mol. The molecule has 0 spiro atoms. The summed E-state index contributed by atoms with van der Waals surface area (Å²) in [6, 6.07) is 0.0445. The zero-order valence-corrected chi connectivity index (χ0v) is 11.6. The van der Waals surface area contributed by atoms with Crippen LogP contribution in [0.3, 0.4) is 0 Å². The van der Waals surface area contributed by atoms with Gasteiger partial charge in [0.25, 0.3) is 0 Å². The Balaban J connectivity index is 2.40. The lowest BCUT2D eigenvalue weighted by Gasteiger charge is -2.31. The first-order valence-electron chi connectivity index (χ1n) is 7.22. The van der Waals surface area contributed by atoms with Crippen LogP contribution in [0.1, 0.15) is 52.9 Å². The molecule has 0 saturated carbocycles. The van der Waals surface area contributed by atoms with Gasteiger partial charge in [-0.15, -0.1) is 0 Å².